The lowest BCUT2D eigenvalue weighted by atomic mass is 9.85. The summed E-state index contributed by atoms with van der Waals surface area (Å²) in [6.07, 6.45) is 6.57. The lowest BCUT2D eigenvalue weighted by Gasteiger charge is -2.21. The summed E-state index contributed by atoms with van der Waals surface area (Å²) in [6, 6.07) is 0. The van der Waals surface area contributed by atoms with Crippen molar-refractivity contribution in [3.05, 3.63) is 17.8 Å². The smallest absolute Gasteiger partial charge is 0.291 e. The molecular formula is C13H17N3O3S. The summed E-state index contributed by atoms with van der Waals surface area (Å²) in [5, 5.41) is -0.0573. The third-order valence-corrected chi connectivity index (χ3v) is 5.11. The molecule has 20 heavy (non-hydrogen) atoms. The van der Waals surface area contributed by atoms with Crippen LogP contribution in [0.25, 0.3) is 0 Å². The van der Waals surface area contributed by atoms with Gasteiger partial charge in [0.15, 0.2) is 11.6 Å². The van der Waals surface area contributed by atoms with E-state index in [1.54, 1.807) is 11.8 Å². The Morgan fingerprint density at radius 3 is 2.75 bits per heavy atom. The molecule has 108 valence electrons. The van der Waals surface area contributed by atoms with Gasteiger partial charge in [-0.15, -0.1) is 11.8 Å². The third-order valence-electron chi connectivity index (χ3n) is 3.73. The fourth-order valence-corrected chi connectivity index (χ4v) is 3.44. The summed E-state index contributed by atoms with van der Waals surface area (Å²) < 4.78 is 5.31. The van der Waals surface area contributed by atoms with Gasteiger partial charge in [-0.3, -0.25) is 20.4 Å². The van der Waals surface area contributed by atoms with Gasteiger partial charge in [0.1, 0.15) is 6.26 Å². The standard InChI is InChI=1S/C13H17N3O3S/c17-11(15-16-12(18)10-5-2-6-20-10)9-7-19-13(14-9)8-3-1-4-8/h7-8,10H,1-6H2,(H,15,17)(H,16,18). The Bertz CT molecular complexity index is 507. The van der Waals surface area contributed by atoms with E-state index in [1.165, 1.54) is 12.7 Å². The molecule has 7 heteroatoms. The van der Waals surface area contributed by atoms with Crippen molar-refractivity contribution in [1.82, 2.24) is 15.8 Å². The first kappa shape index (κ1) is 13.5. The van der Waals surface area contributed by atoms with Crippen LogP contribution in [0.15, 0.2) is 10.7 Å². The Labute approximate surface area is 121 Å². The molecule has 0 bridgehead atoms. The monoisotopic (exact) mass is 295 g/mol. The van der Waals surface area contributed by atoms with Crippen LogP contribution in [0.3, 0.4) is 0 Å². The summed E-state index contributed by atoms with van der Waals surface area (Å²) >= 11 is 1.62. The number of oxazole rings is 1. The number of thioether (sulfide) groups is 1. The molecule has 1 saturated carbocycles. The number of rotatable bonds is 3. The Morgan fingerprint density at radius 1 is 1.25 bits per heavy atom. The molecule has 1 saturated heterocycles. The summed E-state index contributed by atoms with van der Waals surface area (Å²) in [7, 11) is 0. The van der Waals surface area contributed by atoms with E-state index >= 15 is 0 Å². The second kappa shape index (κ2) is 5.87. The average molecular weight is 295 g/mol. The van der Waals surface area contributed by atoms with E-state index in [0.717, 1.165) is 31.4 Å². The number of aromatic nitrogens is 1. The molecule has 1 aromatic rings. The van der Waals surface area contributed by atoms with E-state index in [-0.39, 0.29) is 16.9 Å². The van der Waals surface area contributed by atoms with Crippen molar-refractivity contribution in [2.75, 3.05) is 5.75 Å². The highest BCUT2D eigenvalue weighted by atomic mass is 32.2. The first-order valence-electron chi connectivity index (χ1n) is 6.91. The predicted octanol–water partition coefficient (Wildman–Crippen LogP) is 1.60. The minimum absolute atomic E-state index is 0.0573. The van der Waals surface area contributed by atoms with Gasteiger partial charge in [0.05, 0.1) is 5.25 Å². The zero-order valence-corrected chi connectivity index (χ0v) is 11.9. The molecule has 6 nitrogen and oxygen atoms in total. The summed E-state index contributed by atoms with van der Waals surface area (Å²) in [4.78, 5) is 27.8. The molecule has 1 unspecified atom stereocenters. The van der Waals surface area contributed by atoms with E-state index < -0.39 is 5.91 Å². The molecule has 2 fully saturated rings. The van der Waals surface area contributed by atoms with Crippen molar-refractivity contribution in [3.63, 3.8) is 0 Å². The molecule has 2 aliphatic rings. The van der Waals surface area contributed by atoms with Gasteiger partial charge in [0, 0.05) is 5.92 Å². The molecule has 2 N–H and O–H groups in total. The van der Waals surface area contributed by atoms with Crippen LogP contribution in [-0.4, -0.2) is 27.8 Å². The number of carbonyl (C=O) groups excluding carboxylic acids is 2. The van der Waals surface area contributed by atoms with Crippen molar-refractivity contribution >= 4 is 23.6 Å². The van der Waals surface area contributed by atoms with Crippen molar-refractivity contribution in [2.24, 2.45) is 0 Å². The number of hydrazine groups is 1. The third kappa shape index (κ3) is 2.82. The highest BCUT2D eigenvalue weighted by Gasteiger charge is 2.26. The van der Waals surface area contributed by atoms with Crippen molar-refractivity contribution < 1.29 is 14.0 Å². The number of nitrogens with one attached hydrogen (secondary N) is 2. The molecule has 0 aromatic carbocycles. The number of amides is 2. The Hall–Kier alpha value is -1.50. The van der Waals surface area contributed by atoms with Gasteiger partial charge in [-0.25, -0.2) is 4.98 Å². The molecule has 2 heterocycles. The first-order valence-corrected chi connectivity index (χ1v) is 7.96. The van der Waals surface area contributed by atoms with E-state index in [9.17, 15) is 9.59 Å². The molecule has 1 aliphatic carbocycles. The van der Waals surface area contributed by atoms with Crippen LogP contribution in [0.5, 0.6) is 0 Å². The van der Waals surface area contributed by atoms with Crippen LogP contribution in [0.4, 0.5) is 0 Å². The van der Waals surface area contributed by atoms with Crippen LogP contribution in [0, 0.1) is 0 Å². The Morgan fingerprint density at radius 2 is 2.10 bits per heavy atom. The maximum Gasteiger partial charge on any atom is 0.291 e. The largest absolute Gasteiger partial charge is 0.448 e. The summed E-state index contributed by atoms with van der Waals surface area (Å²) in [6.45, 7) is 0. The fourth-order valence-electron chi connectivity index (χ4n) is 2.28. The normalized spacial score (nSPS) is 22.3. The SMILES string of the molecule is O=C(NNC(=O)C1CCCS1)c1coc(C2CCC2)n1. The topological polar surface area (TPSA) is 84.2 Å². The van der Waals surface area contributed by atoms with Gasteiger partial charge in [-0.2, -0.15) is 0 Å². The van der Waals surface area contributed by atoms with Crippen molar-refractivity contribution in [1.29, 1.82) is 0 Å². The van der Waals surface area contributed by atoms with Crippen LogP contribution < -0.4 is 10.9 Å². The lowest BCUT2D eigenvalue weighted by molar-refractivity contribution is -0.121. The molecule has 3 rings (SSSR count). The van der Waals surface area contributed by atoms with Crippen molar-refractivity contribution in [3.8, 4) is 0 Å². The van der Waals surface area contributed by atoms with Crippen LogP contribution in [-0.2, 0) is 4.79 Å². The zero-order valence-electron chi connectivity index (χ0n) is 11.1. The van der Waals surface area contributed by atoms with E-state index in [4.69, 9.17) is 4.42 Å². The fraction of sp³-hybridized carbons (Fsp3) is 0.615. The Balaban J connectivity index is 1.50. The summed E-state index contributed by atoms with van der Waals surface area (Å²) in [5.41, 5.74) is 5.05. The minimum Gasteiger partial charge on any atom is -0.448 e. The first-order chi connectivity index (χ1) is 9.74. The molecule has 0 radical (unpaired) electrons. The number of carbonyl (C=O) groups is 2. The maximum atomic E-state index is 11.9. The van der Waals surface area contributed by atoms with Crippen LogP contribution >= 0.6 is 11.8 Å². The van der Waals surface area contributed by atoms with Gasteiger partial charge < -0.3 is 4.42 Å². The summed E-state index contributed by atoms with van der Waals surface area (Å²) in [5.74, 6) is 1.39. The van der Waals surface area contributed by atoms with Gasteiger partial charge in [0.25, 0.3) is 11.8 Å². The predicted molar refractivity (Wildman–Crippen MR) is 74.2 cm³/mol. The maximum absolute atomic E-state index is 11.9. The van der Waals surface area contributed by atoms with E-state index in [2.05, 4.69) is 15.8 Å². The van der Waals surface area contributed by atoms with E-state index in [1.807, 2.05) is 0 Å². The number of nitrogens with zero attached hydrogens (tertiary/aromatic N) is 1. The lowest BCUT2D eigenvalue weighted by Crippen LogP contribution is -2.45. The second-order valence-corrected chi connectivity index (χ2v) is 6.45. The van der Waals surface area contributed by atoms with Gasteiger partial charge >= 0.3 is 0 Å². The number of hydrogen-bond donors (Lipinski definition) is 2. The highest BCUT2D eigenvalue weighted by Crippen LogP contribution is 2.35. The Kier molecular flexibility index (Phi) is 3.95. The van der Waals surface area contributed by atoms with Gasteiger partial charge in [0.2, 0.25) is 0 Å². The molecule has 1 atom stereocenters. The van der Waals surface area contributed by atoms with Crippen LogP contribution in [0.2, 0.25) is 0 Å². The molecule has 1 aromatic heterocycles. The quantitative estimate of drug-likeness (QED) is 0.827. The molecule has 2 amide bonds. The van der Waals surface area contributed by atoms with Gasteiger partial charge in [-0.1, -0.05) is 6.42 Å². The van der Waals surface area contributed by atoms with Crippen molar-refractivity contribution in [2.45, 2.75) is 43.3 Å². The molecular weight excluding hydrogens is 278 g/mol. The average Bonchev–Trinajstić information content (AvgIpc) is 3.04. The van der Waals surface area contributed by atoms with Crippen LogP contribution in [0.1, 0.15) is 54.4 Å². The van der Waals surface area contributed by atoms with Gasteiger partial charge in [-0.05, 0) is 31.4 Å². The zero-order chi connectivity index (χ0) is 13.9. The highest BCUT2D eigenvalue weighted by molar-refractivity contribution is 8.00. The van der Waals surface area contributed by atoms with E-state index in [0.29, 0.717) is 11.8 Å². The molecule has 1 aliphatic heterocycles. The minimum atomic E-state index is -0.435. The second-order valence-electron chi connectivity index (χ2n) is 5.14. The number of hydrogen-bond acceptors (Lipinski definition) is 5. The molecule has 0 spiro atoms.